The van der Waals surface area contributed by atoms with Crippen molar-refractivity contribution >= 4 is 21.9 Å². The third kappa shape index (κ3) is 6.93. The van der Waals surface area contributed by atoms with Crippen LogP contribution in [0.1, 0.15) is 5.69 Å². The van der Waals surface area contributed by atoms with E-state index in [9.17, 15) is 5.11 Å². The fraction of sp³-hybridized carbons (Fsp3) is 0.0189. The number of furan rings is 1. The second-order valence-electron chi connectivity index (χ2n) is 14.3. The minimum Gasteiger partial charge on any atom is -0.507 e. The van der Waals surface area contributed by atoms with Crippen LogP contribution in [-0.4, -0.2) is 15.1 Å². The molecule has 1 N–H and O–H groups in total. The summed E-state index contributed by atoms with van der Waals surface area (Å²) in [5.74, 6) is 0.171. The number of phenols is 1. The van der Waals surface area contributed by atoms with Crippen molar-refractivity contribution in [1.29, 1.82) is 0 Å². The Hall–Kier alpha value is -6.87. The summed E-state index contributed by atoms with van der Waals surface area (Å²) in [4.78, 5) is 10.1. The van der Waals surface area contributed by atoms with E-state index in [0.29, 0.717) is 11.3 Å². The molecule has 0 aliphatic rings. The molecule has 7 aromatic carbocycles. The number of benzene rings is 7. The first-order valence-corrected chi connectivity index (χ1v) is 19.0. The number of para-hydroxylation sites is 2. The van der Waals surface area contributed by atoms with Gasteiger partial charge < -0.3 is 9.52 Å². The Kier molecular flexibility index (Phi) is 9.87. The predicted octanol–water partition coefficient (Wildman–Crippen LogP) is 13.9. The molecule has 0 saturated carbocycles. The number of rotatable bonds is 7. The zero-order valence-corrected chi connectivity index (χ0v) is 33.7. The van der Waals surface area contributed by atoms with E-state index < -0.39 is 0 Å². The molecule has 0 bridgehead atoms. The van der Waals surface area contributed by atoms with E-state index in [0.717, 1.165) is 94.7 Å². The summed E-state index contributed by atoms with van der Waals surface area (Å²) in [6, 6.07) is 67.3. The van der Waals surface area contributed by atoms with Crippen LogP contribution in [0, 0.1) is 13.0 Å². The van der Waals surface area contributed by atoms with Gasteiger partial charge in [-0.1, -0.05) is 157 Å². The maximum atomic E-state index is 11.4. The van der Waals surface area contributed by atoms with Crippen molar-refractivity contribution < 1.29 is 30.6 Å². The summed E-state index contributed by atoms with van der Waals surface area (Å²) < 4.78 is 6.76. The summed E-state index contributed by atoms with van der Waals surface area (Å²) in [7, 11) is 0. The van der Waals surface area contributed by atoms with Crippen LogP contribution in [0.4, 0.5) is 0 Å². The van der Waals surface area contributed by atoms with E-state index in [4.69, 9.17) is 14.4 Å². The van der Waals surface area contributed by atoms with E-state index in [2.05, 4.69) is 97.1 Å². The maximum Gasteiger partial charge on any atom is 0.143 e. The molecule has 0 unspecified atom stereocenters. The molecule has 10 aromatic rings. The van der Waals surface area contributed by atoms with Gasteiger partial charge >= 0.3 is 0 Å². The Balaban J connectivity index is 0.00000436. The average molecular weight is 927 g/mol. The Morgan fingerprint density at radius 2 is 0.931 bits per heavy atom. The molecule has 5 heteroatoms. The third-order valence-corrected chi connectivity index (χ3v) is 10.5. The molecule has 0 amide bonds. The van der Waals surface area contributed by atoms with Gasteiger partial charge in [-0.15, -0.1) is 24.3 Å². The molecule has 0 fully saturated rings. The summed E-state index contributed by atoms with van der Waals surface area (Å²) in [6.07, 6.45) is 0. The average Bonchev–Trinajstić information content (AvgIpc) is 3.66. The van der Waals surface area contributed by atoms with Crippen molar-refractivity contribution in [2.75, 3.05) is 0 Å². The maximum absolute atomic E-state index is 11.4. The van der Waals surface area contributed by atoms with Crippen molar-refractivity contribution in [3.05, 3.63) is 200 Å². The molecule has 280 valence electrons. The standard InChI is InChI=1S/C53H35N2O2.Pt/c1-34-28-42(44-23-13-25-46-45-24-12-22-43(52(45)57-53(44)46)37-18-9-4-10-19-37)32-48(54-34)39-20-11-21-40(29-39)49-30-41(36-16-7-3-8-17-36)31-50(55-49)47-27-26-38(33-51(47)56)35-14-5-2-6-15-35;/h2-28,30-33,56H,1H3;/q-1;. The fourth-order valence-electron chi connectivity index (χ4n) is 7.78. The van der Waals surface area contributed by atoms with Crippen LogP contribution in [0.25, 0.3) is 100 Å². The van der Waals surface area contributed by atoms with Gasteiger partial charge in [-0.25, -0.2) is 0 Å². The Bertz CT molecular complexity index is 3090. The first-order valence-electron chi connectivity index (χ1n) is 19.0. The largest absolute Gasteiger partial charge is 0.507 e. The van der Waals surface area contributed by atoms with Crippen LogP contribution in [0.2, 0.25) is 0 Å². The summed E-state index contributed by atoms with van der Waals surface area (Å²) in [6.45, 7) is 2.02. The zero-order chi connectivity index (χ0) is 38.3. The van der Waals surface area contributed by atoms with Gasteiger partial charge in [-0.2, -0.15) is 0 Å². The van der Waals surface area contributed by atoms with Gasteiger partial charge in [-0.05, 0) is 64.6 Å². The van der Waals surface area contributed by atoms with Crippen molar-refractivity contribution in [3.63, 3.8) is 0 Å². The first kappa shape index (κ1) is 36.7. The van der Waals surface area contributed by atoms with Crippen molar-refractivity contribution in [2.24, 2.45) is 0 Å². The van der Waals surface area contributed by atoms with Gasteiger partial charge in [0.15, 0.2) is 0 Å². The SMILES string of the molecule is Cc1cc(-c2cccc3c2oc2c(-c4ccccc4)cccc23)cc(-c2[c-]c(-c3cc(-c4ccccc4)cc(-c4ccc(-c5ccccc5)cc4O)n3)ccc2)n1.[Pt]. The van der Waals surface area contributed by atoms with Gasteiger partial charge in [0.1, 0.15) is 16.9 Å². The Morgan fingerprint density at radius 1 is 0.414 bits per heavy atom. The molecule has 4 nitrogen and oxygen atoms in total. The molecule has 3 heterocycles. The summed E-state index contributed by atoms with van der Waals surface area (Å²) >= 11 is 0. The molecule has 0 atom stereocenters. The minimum atomic E-state index is 0. The van der Waals surface area contributed by atoms with Crippen LogP contribution < -0.4 is 0 Å². The van der Waals surface area contributed by atoms with Crippen molar-refractivity contribution in [1.82, 2.24) is 9.97 Å². The van der Waals surface area contributed by atoms with E-state index in [1.165, 1.54) is 0 Å². The van der Waals surface area contributed by atoms with Gasteiger partial charge in [0.05, 0.1) is 5.69 Å². The van der Waals surface area contributed by atoms with Crippen LogP contribution in [0.15, 0.2) is 192 Å². The van der Waals surface area contributed by atoms with Crippen LogP contribution in [0.3, 0.4) is 0 Å². The number of hydrogen-bond donors (Lipinski definition) is 1. The van der Waals surface area contributed by atoms with Crippen molar-refractivity contribution in [2.45, 2.75) is 6.92 Å². The second-order valence-corrected chi connectivity index (χ2v) is 14.3. The number of aryl methyl sites for hydroxylation is 1. The number of aromatic nitrogens is 2. The predicted molar refractivity (Wildman–Crippen MR) is 233 cm³/mol. The Morgan fingerprint density at radius 3 is 1.55 bits per heavy atom. The number of fused-ring (bicyclic) bond motifs is 3. The van der Waals surface area contributed by atoms with Crippen LogP contribution in [0.5, 0.6) is 5.75 Å². The molecule has 0 spiro atoms. The normalized spacial score (nSPS) is 11.1. The molecule has 0 saturated heterocycles. The Labute approximate surface area is 351 Å². The molecule has 58 heavy (non-hydrogen) atoms. The molecule has 0 radical (unpaired) electrons. The van der Waals surface area contributed by atoms with E-state index in [1.807, 2.05) is 104 Å². The number of aromatic hydroxyl groups is 1. The first-order chi connectivity index (χ1) is 28.1. The molecule has 3 aromatic heterocycles. The number of hydrogen-bond acceptors (Lipinski definition) is 4. The van der Waals surface area contributed by atoms with Gasteiger partial charge in [0.25, 0.3) is 0 Å². The van der Waals surface area contributed by atoms with E-state index in [1.54, 1.807) is 0 Å². The smallest absolute Gasteiger partial charge is 0.143 e. The number of nitrogens with zero attached hydrogens (tertiary/aromatic N) is 2. The molecule has 0 aliphatic heterocycles. The van der Waals surface area contributed by atoms with Crippen molar-refractivity contribution in [3.8, 4) is 84.0 Å². The third-order valence-electron chi connectivity index (χ3n) is 10.5. The molecular weight excluding hydrogens is 892 g/mol. The second kappa shape index (κ2) is 15.6. The van der Waals surface area contributed by atoms with E-state index >= 15 is 0 Å². The van der Waals surface area contributed by atoms with E-state index in [-0.39, 0.29) is 26.8 Å². The minimum absolute atomic E-state index is 0. The summed E-state index contributed by atoms with van der Waals surface area (Å²) in [5.41, 5.74) is 15.4. The molecule has 0 aliphatic carbocycles. The zero-order valence-electron chi connectivity index (χ0n) is 31.5. The monoisotopic (exact) mass is 926 g/mol. The van der Waals surface area contributed by atoms with Crippen LogP contribution in [-0.2, 0) is 21.1 Å². The van der Waals surface area contributed by atoms with Gasteiger partial charge in [0.2, 0.25) is 0 Å². The fourth-order valence-corrected chi connectivity index (χ4v) is 7.78. The quantitative estimate of drug-likeness (QED) is 0.162. The topological polar surface area (TPSA) is 59.2 Å². The number of pyridine rings is 2. The number of phenolic OH excluding ortho intramolecular Hbond substituents is 1. The van der Waals surface area contributed by atoms with Crippen LogP contribution >= 0.6 is 0 Å². The molecule has 10 rings (SSSR count). The molecular formula is C53H35N2O2Pt-. The van der Waals surface area contributed by atoms with Gasteiger partial charge in [-0.3, -0.25) is 9.97 Å². The van der Waals surface area contributed by atoms with Gasteiger partial charge in [0, 0.05) is 65.6 Å². The summed E-state index contributed by atoms with van der Waals surface area (Å²) in [5, 5.41) is 13.5.